The average Bonchev–Trinajstić information content (AvgIpc) is 3.11. The molecule has 120 valence electrons. The summed E-state index contributed by atoms with van der Waals surface area (Å²) in [6.45, 7) is 3.90. The molecule has 4 rings (SSSR count). The van der Waals surface area contributed by atoms with E-state index in [0.29, 0.717) is 17.5 Å². The highest BCUT2D eigenvalue weighted by Crippen LogP contribution is 2.32. The standard InChI is InChI=1S/C18H21N3O2/c1-12-2-4-13(5-3-12)17-16(20-11-23-17)18(22)21-14-6-7-15(21)10-19-9-8-14/h2-5,11,14-15,19H,6-10H2,1H3. The second-order valence-electron chi connectivity index (χ2n) is 6.49. The minimum absolute atomic E-state index is 0.00512. The van der Waals surface area contributed by atoms with Gasteiger partial charge in [-0.05, 0) is 32.7 Å². The molecule has 0 radical (unpaired) electrons. The van der Waals surface area contributed by atoms with E-state index in [-0.39, 0.29) is 11.9 Å². The van der Waals surface area contributed by atoms with E-state index in [1.165, 1.54) is 12.0 Å². The second-order valence-corrected chi connectivity index (χ2v) is 6.49. The topological polar surface area (TPSA) is 58.4 Å². The lowest BCUT2D eigenvalue weighted by molar-refractivity contribution is 0.0675. The quantitative estimate of drug-likeness (QED) is 0.926. The van der Waals surface area contributed by atoms with Crippen LogP contribution >= 0.6 is 0 Å². The summed E-state index contributed by atoms with van der Waals surface area (Å²) < 4.78 is 5.55. The summed E-state index contributed by atoms with van der Waals surface area (Å²) in [4.78, 5) is 19.4. The minimum atomic E-state index is 0.00512. The second kappa shape index (κ2) is 5.81. The Bertz CT molecular complexity index is 693. The van der Waals surface area contributed by atoms with E-state index < -0.39 is 0 Å². The Morgan fingerprint density at radius 2 is 2.00 bits per heavy atom. The highest BCUT2D eigenvalue weighted by Gasteiger charge is 2.40. The molecule has 23 heavy (non-hydrogen) atoms. The van der Waals surface area contributed by atoms with Crippen LogP contribution in [0.3, 0.4) is 0 Å². The zero-order chi connectivity index (χ0) is 15.8. The molecule has 0 spiro atoms. The first-order valence-electron chi connectivity index (χ1n) is 8.28. The summed E-state index contributed by atoms with van der Waals surface area (Å²) in [5.41, 5.74) is 2.52. The first-order chi connectivity index (χ1) is 11.2. The zero-order valence-electron chi connectivity index (χ0n) is 13.3. The van der Waals surface area contributed by atoms with Crippen LogP contribution < -0.4 is 5.32 Å². The van der Waals surface area contributed by atoms with Crippen LogP contribution in [0, 0.1) is 6.92 Å². The molecule has 2 unspecified atom stereocenters. The minimum Gasteiger partial charge on any atom is -0.443 e. The number of hydrogen-bond acceptors (Lipinski definition) is 4. The molecule has 2 aliphatic rings. The van der Waals surface area contributed by atoms with E-state index >= 15 is 0 Å². The largest absolute Gasteiger partial charge is 0.443 e. The fourth-order valence-corrected chi connectivity index (χ4v) is 3.74. The first kappa shape index (κ1) is 14.5. The molecule has 3 heterocycles. The number of rotatable bonds is 2. The molecule has 2 aromatic rings. The van der Waals surface area contributed by atoms with E-state index in [1.54, 1.807) is 0 Å². The van der Waals surface area contributed by atoms with Gasteiger partial charge in [0.25, 0.3) is 5.91 Å². The van der Waals surface area contributed by atoms with Gasteiger partial charge in [0.15, 0.2) is 17.8 Å². The number of nitrogens with zero attached hydrogens (tertiary/aromatic N) is 2. The molecule has 5 heteroatoms. The Labute approximate surface area is 135 Å². The molecule has 2 aliphatic heterocycles. The molecule has 0 saturated carbocycles. The van der Waals surface area contributed by atoms with Gasteiger partial charge in [0.1, 0.15) is 0 Å². The maximum absolute atomic E-state index is 13.1. The number of benzene rings is 1. The monoisotopic (exact) mass is 311 g/mol. The fraction of sp³-hybridized carbons (Fsp3) is 0.444. The molecule has 5 nitrogen and oxygen atoms in total. The maximum atomic E-state index is 13.1. The van der Waals surface area contributed by atoms with E-state index in [0.717, 1.165) is 37.9 Å². The highest BCUT2D eigenvalue weighted by molar-refractivity contribution is 5.98. The number of nitrogens with one attached hydrogen (secondary N) is 1. The van der Waals surface area contributed by atoms with Crippen molar-refractivity contribution in [1.82, 2.24) is 15.2 Å². The van der Waals surface area contributed by atoms with Crippen LogP contribution in [0.1, 0.15) is 35.3 Å². The summed E-state index contributed by atoms with van der Waals surface area (Å²) in [6.07, 6.45) is 4.55. The number of fused-ring (bicyclic) bond motifs is 2. The molecule has 1 aromatic carbocycles. The van der Waals surface area contributed by atoms with Crippen molar-refractivity contribution in [2.45, 2.75) is 38.3 Å². The Kier molecular flexibility index (Phi) is 3.65. The summed E-state index contributed by atoms with van der Waals surface area (Å²) in [7, 11) is 0. The van der Waals surface area contributed by atoms with Crippen molar-refractivity contribution in [1.29, 1.82) is 0 Å². The van der Waals surface area contributed by atoms with Gasteiger partial charge < -0.3 is 14.6 Å². The van der Waals surface area contributed by atoms with Crippen LogP contribution in [-0.4, -0.2) is 41.0 Å². The third-order valence-electron chi connectivity index (χ3n) is 4.97. The molecule has 0 aliphatic carbocycles. The van der Waals surface area contributed by atoms with Gasteiger partial charge >= 0.3 is 0 Å². The van der Waals surface area contributed by atoms with Crippen molar-refractivity contribution in [3.8, 4) is 11.3 Å². The highest BCUT2D eigenvalue weighted by atomic mass is 16.3. The Morgan fingerprint density at radius 1 is 1.22 bits per heavy atom. The number of carbonyl (C=O) groups excluding carboxylic acids is 1. The number of aromatic nitrogens is 1. The van der Waals surface area contributed by atoms with Crippen LogP contribution in [-0.2, 0) is 0 Å². The summed E-state index contributed by atoms with van der Waals surface area (Å²) >= 11 is 0. The molecule has 1 N–H and O–H groups in total. The van der Waals surface area contributed by atoms with Crippen molar-refractivity contribution in [3.63, 3.8) is 0 Å². The molecule has 1 amide bonds. The number of hydrogen-bond donors (Lipinski definition) is 1. The Balaban J connectivity index is 1.67. The summed E-state index contributed by atoms with van der Waals surface area (Å²) in [5.74, 6) is 0.581. The van der Waals surface area contributed by atoms with Gasteiger partial charge in [-0.15, -0.1) is 0 Å². The van der Waals surface area contributed by atoms with Gasteiger partial charge in [-0.1, -0.05) is 29.8 Å². The number of oxazole rings is 1. The van der Waals surface area contributed by atoms with Gasteiger partial charge in [-0.25, -0.2) is 4.98 Å². The molecular weight excluding hydrogens is 290 g/mol. The third-order valence-corrected chi connectivity index (χ3v) is 4.97. The van der Waals surface area contributed by atoms with Gasteiger partial charge in [0.2, 0.25) is 0 Å². The lowest BCUT2D eigenvalue weighted by Crippen LogP contribution is -2.42. The third kappa shape index (κ3) is 2.55. The summed E-state index contributed by atoms with van der Waals surface area (Å²) in [5, 5.41) is 3.42. The fourth-order valence-electron chi connectivity index (χ4n) is 3.74. The Hall–Kier alpha value is -2.14. The van der Waals surface area contributed by atoms with Crippen LogP contribution in [0.15, 0.2) is 35.1 Å². The number of carbonyl (C=O) groups is 1. The average molecular weight is 311 g/mol. The van der Waals surface area contributed by atoms with Crippen molar-refractivity contribution in [2.24, 2.45) is 0 Å². The first-order valence-corrected chi connectivity index (χ1v) is 8.28. The summed E-state index contributed by atoms with van der Waals surface area (Å²) in [6, 6.07) is 8.59. The number of amides is 1. The smallest absolute Gasteiger partial charge is 0.277 e. The van der Waals surface area contributed by atoms with Gasteiger partial charge in [0, 0.05) is 24.2 Å². The molecular formula is C18H21N3O2. The van der Waals surface area contributed by atoms with Crippen molar-refractivity contribution in [2.75, 3.05) is 13.1 Å². The van der Waals surface area contributed by atoms with E-state index in [1.807, 2.05) is 36.1 Å². The molecule has 1 aromatic heterocycles. The van der Waals surface area contributed by atoms with Gasteiger partial charge in [-0.2, -0.15) is 0 Å². The van der Waals surface area contributed by atoms with Crippen molar-refractivity contribution < 1.29 is 9.21 Å². The normalized spacial score (nSPS) is 23.8. The van der Waals surface area contributed by atoms with E-state index in [4.69, 9.17) is 4.42 Å². The van der Waals surface area contributed by atoms with E-state index in [2.05, 4.69) is 10.3 Å². The van der Waals surface area contributed by atoms with Crippen LogP contribution in [0.4, 0.5) is 0 Å². The zero-order valence-corrected chi connectivity index (χ0v) is 13.3. The van der Waals surface area contributed by atoms with Crippen LogP contribution in [0.2, 0.25) is 0 Å². The van der Waals surface area contributed by atoms with E-state index in [9.17, 15) is 4.79 Å². The SMILES string of the molecule is Cc1ccc(-c2ocnc2C(=O)N2C3CCNCC2CC3)cc1. The predicted octanol–water partition coefficient (Wildman–Crippen LogP) is 2.62. The predicted molar refractivity (Wildman–Crippen MR) is 87.1 cm³/mol. The molecule has 2 bridgehead atoms. The Morgan fingerprint density at radius 3 is 2.83 bits per heavy atom. The van der Waals surface area contributed by atoms with Gasteiger partial charge in [-0.3, -0.25) is 4.79 Å². The van der Waals surface area contributed by atoms with Crippen LogP contribution in [0.5, 0.6) is 0 Å². The number of aryl methyl sites for hydroxylation is 1. The van der Waals surface area contributed by atoms with Crippen LogP contribution in [0.25, 0.3) is 11.3 Å². The molecule has 2 atom stereocenters. The van der Waals surface area contributed by atoms with Crippen molar-refractivity contribution >= 4 is 5.91 Å². The lowest BCUT2D eigenvalue weighted by Gasteiger charge is -2.27. The lowest BCUT2D eigenvalue weighted by atomic mass is 10.1. The molecule has 2 fully saturated rings. The van der Waals surface area contributed by atoms with Crippen molar-refractivity contribution in [3.05, 3.63) is 41.9 Å². The van der Waals surface area contributed by atoms with Gasteiger partial charge in [0.05, 0.1) is 0 Å². The maximum Gasteiger partial charge on any atom is 0.277 e. The molecule has 2 saturated heterocycles.